The van der Waals surface area contributed by atoms with Crippen molar-refractivity contribution < 1.29 is 9.68 Å². The monoisotopic (exact) mass is 385 g/mol. The lowest BCUT2D eigenvalue weighted by Gasteiger charge is -2.63. The number of hydrogen-bond acceptors (Lipinski definition) is 5. The van der Waals surface area contributed by atoms with E-state index < -0.39 is 7.12 Å². The van der Waals surface area contributed by atoms with Crippen molar-refractivity contribution in [3.63, 3.8) is 0 Å². The van der Waals surface area contributed by atoms with Gasteiger partial charge in [0.15, 0.2) is 0 Å². The van der Waals surface area contributed by atoms with Crippen LogP contribution in [0.2, 0.25) is 0 Å². The Balaban J connectivity index is 1.39. The third kappa shape index (κ3) is 2.55. The molecule has 2 aliphatic heterocycles. The number of H-pyrrole nitrogens is 1. The Hall–Kier alpha value is -1.02. The highest BCUT2D eigenvalue weighted by Gasteiger charge is 2.67. The summed E-state index contributed by atoms with van der Waals surface area (Å²) in [7, 11) is -0.853. The number of aromatic amines is 1. The Morgan fingerprint density at radius 1 is 1.44 bits per heavy atom. The van der Waals surface area contributed by atoms with Crippen molar-refractivity contribution in [3.05, 3.63) is 24.0 Å². The van der Waals surface area contributed by atoms with Crippen molar-refractivity contribution in [2.45, 2.75) is 45.6 Å². The van der Waals surface area contributed by atoms with Crippen molar-refractivity contribution >= 4 is 35.6 Å². The SMILES string of the molecule is CC(C)CSN1CCC2(CC1)CC1(OB(O)c3cnc4[nH]ccc4c31)C2C. The summed E-state index contributed by atoms with van der Waals surface area (Å²) in [4.78, 5) is 7.66. The van der Waals surface area contributed by atoms with Gasteiger partial charge in [0.2, 0.25) is 0 Å². The summed E-state index contributed by atoms with van der Waals surface area (Å²) < 4.78 is 8.81. The van der Waals surface area contributed by atoms with Gasteiger partial charge in [0, 0.05) is 42.1 Å². The van der Waals surface area contributed by atoms with Crippen molar-refractivity contribution in [1.29, 1.82) is 0 Å². The third-order valence-corrected chi connectivity index (χ3v) is 8.71. The molecule has 2 atom stereocenters. The minimum atomic E-state index is -0.853. The van der Waals surface area contributed by atoms with Gasteiger partial charge in [0.25, 0.3) is 0 Å². The molecule has 0 radical (unpaired) electrons. The minimum absolute atomic E-state index is 0.335. The van der Waals surface area contributed by atoms with Crippen LogP contribution in [0.1, 0.15) is 45.6 Å². The zero-order chi connectivity index (χ0) is 18.8. The van der Waals surface area contributed by atoms with Gasteiger partial charge in [0.05, 0.1) is 5.60 Å². The van der Waals surface area contributed by atoms with Crippen LogP contribution < -0.4 is 5.46 Å². The summed E-state index contributed by atoms with van der Waals surface area (Å²) in [6.07, 6.45) is 7.17. The van der Waals surface area contributed by atoms with Crippen LogP contribution in [0.25, 0.3) is 11.0 Å². The van der Waals surface area contributed by atoms with Gasteiger partial charge < -0.3 is 14.7 Å². The van der Waals surface area contributed by atoms with Crippen LogP contribution in [0.15, 0.2) is 18.5 Å². The molecule has 4 heterocycles. The fraction of sp³-hybridized carbons (Fsp3) is 0.650. The van der Waals surface area contributed by atoms with E-state index >= 15 is 0 Å². The lowest BCUT2D eigenvalue weighted by Crippen LogP contribution is -2.61. The molecule has 2 fully saturated rings. The third-order valence-electron chi connectivity index (χ3n) is 7.17. The van der Waals surface area contributed by atoms with Crippen LogP contribution in [-0.2, 0) is 10.3 Å². The number of piperidine rings is 1. The average molecular weight is 385 g/mol. The molecule has 0 bridgehead atoms. The number of fused-ring (bicyclic) bond motifs is 4. The fourth-order valence-electron chi connectivity index (χ4n) is 5.57. The molecule has 1 saturated heterocycles. The van der Waals surface area contributed by atoms with Crippen LogP contribution in [0.3, 0.4) is 0 Å². The van der Waals surface area contributed by atoms with Crippen molar-refractivity contribution in [2.75, 3.05) is 18.8 Å². The number of nitrogens with one attached hydrogen (secondary N) is 1. The molecule has 3 aliphatic rings. The van der Waals surface area contributed by atoms with E-state index in [0.29, 0.717) is 11.3 Å². The van der Waals surface area contributed by atoms with Crippen LogP contribution >= 0.6 is 11.9 Å². The van der Waals surface area contributed by atoms with Gasteiger partial charge in [-0.1, -0.05) is 32.7 Å². The topological polar surface area (TPSA) is 61.4 Å². The van der Waals surface area contributed by atoms with Crippen LogP contribution in [0.5, 0.6) is 0 Å². The Morgan fingerprint density at radius 2 is 2.22 bits per heavy atom. The first-order chi connectivity index (χ1) is 13.0. The zero-order valence-electron chi connectivity index (χ0n) is 16.4. The minimum Gasteiger partial charge on any atom is -0.423 e. The highest BCUT2D eigenvalue weighted by Crippen LogP contribution is 2.66. The summed E-state index contributed by atoms with van der Waals surface area (Å²) in [5, 5.41) is 11.7. The van der Waals surface area contributed by atoms with E-state index in [1.165, 1.54) is 24.2 Å². The molecular weight excluding hydrogens is 357 g/mol. The smallest absolute Gasteiger partial charge is 0.423 e. The standard InChI is InChI=1S/C20H28BN3O2S/c1-13(2)11-27-24-8-5-19(6-9-24)12-20(14(19)3)17-15-4-7-22-18(15)23-10-16(17)21(25)26-20/h4,7,10,13-14,25H,5-6,8-9,11-12H2,1-3H3,(H,22,23). The highest BCUT2D eigenvalue weighted by molar-refractivity contribution is 7.97. The summed E-state index contributed by atoms with van der Waals surface area (Å²) in [5.74, 6) is 2.34. The summed E-state index contributed by atoms with van der Waals surface area (Å²) in [5.41, 5.74) is 2.90. The van der Waals surface area contributed by atoms with E-state index in [-0.39, 0.29) is 5.60 Å². The second-order valence-electron chi connectivity index (χ2n) is 9.07. The Bertz CT molecular complexity index is 864. The highest BCUT2D eigenvalue weighted by atomic mass is 32.2. The number of rotatable bonds is 3. The second kappa shape index (κ2) is 6.24. The maximum absolute atomic E-state index is 10.6. The predicted molar refractivity (Wildman–Crippen MR) is 111 cm³/mol. The fourth-order valence-corrected chi connectivity index (χ4v) is 6.52. The van der Waals surface area contributed by atoms with Gasteiger partial charge in [0.1, 0.15) is 5.65 Å². The lowest BCUT2D eigenvalue weighted by molar-refractivity contribution is -0.192. The molecule has 2 N–H and O–H groups in total. The number of pyridine rings is 1. The summed E-state index contributed by atoms with van der Waals surface area (Å²) in [6, 6.07) is 2.08. The molecule has 0 amide bonds. The Kier molecular flexibility index (Phi) is 4.17. The molecule has 1 aliphatic carbocycles. The summed E-state index contributed by atoms with van der Waals surface area (Å²) >= 11 is 2.01. The normalized spacial score (nSPS) is 29.8. The first-order valence-corrected chi connectivity index (χ1v) is 11.1. The molecule has 2 aromatic rings. The quantitative estimate of drug-likeness (QED) is 0.629. The molecule has 2 spiro atoms. The van der Waals surface area contributed by atoms with Crippen molar-refractivity contribution in [1.82, 2.24) is 14.3 Å². The molecule has 5 nitrogen and oxygen atoms in total. The molecule has 0 aromatic carbocycles. The molecule has 144 valence electrons. The Labute approximate surface area is 165 Å². The van der Waals surface area contributed by atoms with Crippen LogP contribution in [0.4, 0.5) is 0 Å². The predicted octanol–water partition coefficient (Wildman–Crippen LogP) is 2.90. The number of hydrogen-bond donors (Lipinski definition) is 2. The van der Waals surface area contributed by atoms with E-state index in [4.69, 9.17) is 4.65 Å². The van der Waals surface area contributed by atoms with Gasteiger partial charge >= 0.3 is 7.12 Å². The van der Waals surface area contributed by atoms with Gasteiger partial charge in [-0.25, -0.2) is 4.98 Å². The van der Waals surface area contributed by atoms with E-state index in [9.17, 15) is 5.02 Å². The average Bonchev–Trinajstić information content (AvgIpc) is 3.24. The van der Waals surface area contributed by atoms with E-state index in [0.717, 1.165) is 41.9 Å². The van der Waals surface area contributed by atoms with E-state index in [2.05, 4.69) is 41.1 Å². The molecule has 2 aromatic heterocycles. The lowest BCUT2D eigenvalue weighted by atomic mass is 9.47. The maximum Gasteiger partial charge on any atom is 0.493 e. The molecule has 1 saturated carbocycles. The maximum atomic E-state index is 10.6. The van der Waals surface area contributed by atoms with Gasteiger partial charge in [-0.15, -0.1) is 0 Å². The first kappa shape index (κ1) is 18.0. The molecule has 7 heteroatoms. The van der Waals surface area contributed by atoms with Gasteiger partial charge in [-0.3, -0.25) is 4.31 Å². The van der Waals surface area contributed by atoms with Gasteiger partial charge in [-0.05, 0) is 48.1 Å². The zero-order valence-corrected chi connectivity index (χ0v) is 17.2. The largest absolute Gasteiger partial charge is 0.493 e. The van der Waals surface area contributed by atoms with Crippen LogP contribution in [0, 0.1) is 17.3 Å². The van der Waals surface area contributed by atoms with Gasteiger partial charge in [-0.2, -0.15) is 0 Å². The molecule has 27 heavy (non-hydrogen) atoms. The van der Waals surface area contributed by atoms with E-state index in [1.54, 1.807) is 6.20 Å². The van der Waals surface area contributed by atoms with Crippen LogP contribution in [-0.4, -0.2) is 45.3 Å². The summed E-state index contributed by atoms with van der Waals surface area (Å²) in [6.45, 7) is 9.22. The molecule has 5 rings (SSSR count). The van der Waals surface area contributed by atoms with Crippen molar-refractivity contribution in [2.24, 2.45) is 17.3 Å². The number of aromatic nitrogens is 2. The van der Waals surface area contributed by atoms with E-state index in [1.807, 2.05) is 18.1 Å². The number of nitrogens with zero attached hydrogens (tertiary/aromatic N) is 2. The second-order valence-corrected chi connectivity index (χ2v) is 10.2. The van der Waals surface area contributed by atoms with Crippen molar-refractivity contribution in [3.8, 4) is 0 Å². The first-order valence-electron chi connectivity index (χ1n) is 10.2. The Morgan fingerprint density at radius 3 is 2.93 bits per heavy atom. The molecular formula is C20H28BN3O2S. The molecule has 2 unspecified atom stereocenters.